The van der Waals surface area contributed by atoms with Gasteiger partial charge in [-0.3, -0.25) is 4.79 Å². The molecule has 0 spiro atoms. The van der Waals surface area contributed by atoms with Gasteiger partial charge in [0.05, 0.1) is 66.1 Å². The number of carbonyl (C=O) groups is 2. The second-order valence-corrected chi connectivity index (χ2v) is 8.45. The van der Waals surface area contributed by atoms with Gasteiger partial charge in [0.25, 0.3) is 0 Å². The van der Waals surface area contributed by atoms with Gasteiger partial charge in [-0.05, 0) is 37.6 Å². The van der Waals surface area contributed by atoms with Crippen molar-refractivity contribution in [3.8, 4) is 6.07 Å². The van der Waals surface area contributed by atoms with Crippen molar-refractivity contribution < 1.29 is 33.3 Å². The number of para-hydroxylation sites is 1. The van der Waals surface area contributed by atoms with Crippen molar-refractivity contribution in [1.82, 2.24) is 5.32 Å². The molecule has 2 aromatic rings. The predicted molar refractivity (Wildman–Crippen MR) is 150 cm³/mol. The highest BCUT2D eigenvalue weighted by molar-refractivity contribution is 6.39. The lowest BCUT2D eigenvalue weighted by Gasteiger charge is -2.15. The minimum absolute atomic E-state index is 0.0877. The Morgan fingerprint density at radius 3 is 2.36 bits per heavy atom. The number of nitriles is 1. The van der Waals surface area contributed by atoms with E-state index in [0.29, 0.717) is 73.2 Å². The quantitative estimate of drug-likeness (QED) is 0.161. The Balaban J connectivity index is 0.000000420. The lowest BCUT2D eigenvalue weighted by Crippen LogP contribution is -2.27. The summed E-state index contributed by atoms with van der Waals surface area (Å²) in [6, 6.07) is 12.3. The Labute approximate surface area is 239 Å². The fourth-order valence-electron chi connectivity index (χ4n) is 2.79. The van der Waals surface area contributed by atoms with Crippen molar-refractivity contribution >= 4 is 46.5 Å². The van der Waals surface area contributed by atoms with E-state index in [4.69, 9.17) is 52.1 Å². The first-order valence-corrected chi connectivity index (χ1v) is 12.9. The Morgan fingerprint density at radius 1 is 0.974 bits per heavy atom. The van der Waals surface area contributed by atoms with Crippen LogP contribution in [0, 0.1) is 18.3 Å². The molecule has 10 nitrogen and oxygen atoms in total. The number of esters is 1. The van der Waals surface area contributed by atoms with Crippen LogP contribution in [0.3, 0.4) is 0 Å². The molecule has 0 bridgehead atoms. The van der Waals surface area contributed by atoms with Gasteiger partial charge in [0.1, 0.15) is 6.42 Å². The van der Waals surface area contributed by atoms with Crippen LogP contribution in [0.2, 0.25) is 10.0 Å². The first kappa shape index (κ1) is 34.1. The fraction of sp³-hybridized carbons (Fsp3) is 0.444. The summed E-state index contributed by atoms with van der Waals surface area (Å²) < 4.78 is 25.2. The van der Waals surface area contributed by atoms with E-state index >= 15 is 0 Å². The molecule has 0 aromatic heterocycles. The van der Waals surface area contributed by atoms with Crippen LogP contribution in [0.1, 0.15) is 29.3 Å². The molecular formula is C27H35Cl2N3O7. The highest BCUT2D eigenvalue weighted by Crippen LogP contribution is 2.36. The van der Waals surface area contributed by atoms with E-state index in [2.05, 4.69) is 10.6 Å². The SMILES string of the molecule is CCOCOC(=O)c1ccccc1Nc1c(Cl)ccc(C)c1Cl.COCCOCCOCCNC(=O)CC#N. The Hall–Kier alpha value is -2.91. The van der Waals surface area contributed by atoms with Crippen molar-refractivity contribution in [1.29, 1.82) is 5.26 Å². The number of methoxy groups -OCH3 is 1. The van der Waals surface area contributed by atoms with Crippen LogP contribution < -0.4 is 10.6 Å². The largest absolute Gasteiger partial charge is 0.435 e. The third-order valence-corrected chi connectivity index (χ3v) is 5.58. The second-order valence-electron chi connectivity index (χ2n) is 7.67. The topological polar surface area (TPSA) is 128 Å². The van der Waals surface area contributed by atoms with Crippen molar-refractivity contribution in [2.24, 2.45) is 0 Å². The summed E-state index contributed by atoms with van der Waals surface area (Å²) in [6.45, 7) is 7.05. The zero-order valence-corrected chi connectivity index (χ0v) is 23.9. The zero-order chi connectivity index (χ0) is 28.9. The van der Waals surface area contributed by atoms with E-state index in [1.807, 2.05) is 19.9 Å². The van der Waals surface area contributed by atoms with Gasteiger partial charge in [-0.2, -0.15) is 5.26 Å². The fourth-order valence-corrected chi connectivity index (χ4v) is 3.26. The van der Waals surface area contributed by atoms with Crippen LogP contribution in [-0.2, 0) is 28.5 Å². The van der Waals surface area contributed by atoms with Crippen molar-refractivity contribution in [2.75, 3.05) is 65.4 Å². The molecule has 0 atom stereocenters. The maximum Gasteiger partial charge on any atom is 0.342 e. The number of aryl methyl sites for hydroxylation is 1. The van der Waals surface area contributed by atoms with Gasteiger partial charge in [0, 0.05) is 20.3 Å². The number of hydrogen-bond acceptors (Lipinski definition) is 9. The van der Waals surface area contributed by atoms with Gasteiger partial charge >= 0.3 is 5.97 Å². The van der Waals surface area contributed by atoms with Crippen LogP contribution in [0.15, 0.2) is 36.4 Å². The summed E-state index contributed by atoms with van der Waals surface area (Å²) in [4.78, 5) is 23.0. The van der Waals surface area contributed by atoms with E-state index in [1.54, 1.807) is 43.5 Å². The first-order chi connectivity index (χ1) is 18.8. The zero-order valence-electron chi connectivity index (χ0n) is 22.4. The maximum atomic E-state index is 12.2. The Morgan fingerprint density at radius 2 is 1.67 bits per heavy atom. The number of nitrogens with zero attached hydrogens (tertiary/aromatic N) is 1. The highest BCUT2D eigenvalue weighted by Gasteiger charge is 2.15. The van der Waals surface area contributed by atoms with Crippen molar-refractivity contribution in [2.45, 2.75) is 20.3 Å². The second kappa shape index (κ2) is 21.0. The van der Waals surface area contributed by atoms with Gasteiger partial charge in [-0.25, -0.2) is 4.79 Å². The Kier molecular flexibility index (Phi) is 18.4. The molecule has 0 saturated carbocycles. The van der Waals surface area contributed by atoms with Crippen LogP contribution in [-0.4, -0.2) is 72.0 Å². The normalized spacial score (nSPS) is 10.2. The lowest BCUT2D eigenvalue weighted by molar-refractivity contribution is -0.120. The molecule has 0 aliphatic heterocycles. The molecule has 0 fully saturated rings. The van der Waals surface area contributed by atoms with Crippen LogP contribution in [0.5, 0.6) is 0 Å². The summed E-state index contributed by atoms with van der Waals surface area (Å²) in [5.41, 5.74) is 2.37. The van der Waals surface area contributed by atoms with Gasteiger partial charge in [0.2, 0.25) is 5.91 Å². The average molecular weight is 584 g/mol. The van der Waals surface area contributed by atoms with Crippen molar-refractivity contribution in [3.05, 3.63) is 57.6 Å². The number of hydrogen-bond donors (Lipinski definition) is 2. The van der Waals surface area contributed by atoms with Crippen LogP contribution >= 0.6 is 23.2 Å². The molecule has 2 N–H and O–H groups in total. The monoisotopic (exact) mass is 583 g/mol. The molecule has 2 aromatic carbocycles. The third-order valence-electron chi connectivity index (χ3n) is 4.78. The van der Waals surface area contributed by atoms with E-state index in [1.165, 1.54) is 0 Å². The molecule has 0 unspecified atom stereocenters. The molecule has 0 radical (unpaired) electrons. The van der Waals surface area contributed by atoms with Gasteiger partial charge in [-0.15, -0.1) is 0 Å². The average Bonchev–Trinajstić information content (AvgIpc) is 2.93. The molecule has 214 valence electrons. The number of halogens is 2. The van der Waals surface area contributed by atoms with Crippen molar-refractivity contribution in [3.63, 3.8) is 0 Å². The summed E-state index contributed by atoms with van der Waals surface area (Å²) >= 11 is 12.5. The number of anilines is 2. The number of nitrogens with one attached hydrogen (secondary N) is 2. The maximum absolute atomic E-state index is 12.2. The third kappa shape index (κ3) is 14.2. The molecule has 39 heavy (non-hydrogen) atoms. The number of ether oxygens (including phenoxy) is 5. The van der Waals surface area contributed by atoms with Gasteiger partial charge in [-0.1, -0.05) is 41.4 Å². The summed E-state index contributed by atoms with van der Waals surface area (Å²) in [5.74, 6) is -0.760. The van der Waals surface area contributed by atoms with Crippen LogP contribution in [0.4, 0.5) is 11.4 Å². The molecule has 0 aliphatic carbocycles. The van der Waals surface area contributed by atoms with Crippen LogP contribution in [0.25, 0.3) is 0 Å². The molecule has 1 amide bonds. The number of benzene rings is 2. The van der Waals surface area contributed by atoms with Gasteiger partial charge in [0.15, 0.2) is 6.79 Å². The Bertz CT molecular complexity index is 1060. The number of rotatable bonds is 16. The van der Waals surface area contributed by atoms with E-state index in [0.717, 1.165) is 5.56 Å². The lowest BCUT2D eigenvalue weighted by atomic mass is 10.1. The first-order valence-electron chi connectivity index (χ1n) is 12.2. The number of carbonyl (C=O) groups excluding carboxylic acids is 2. The molecule has 0 aliphatic rings. The van der Waals surface area contributed by atoms with Gasteiger partial charge < -0.3 is 34.3 Å². The summed E-state index contributed by atoms with van der Waals surface area (Å²) in [5, 5.41) is 14.9. The van der Waals surface area contributed by atoms with E-state index < -0.39 is 5.97 Å². The molecular weight excluding hydrogens is 549 g/mol. The molecule has 2 rings (SSSR count). The summed E-state index contributed by atoms with van der Waals surface area (Å²) in [6.07, 6.45) is -0.111. The molecule has 0 saturated heterocycles. The smallest absolute Gasteiger partial charge is 0.342 e. The molecule has 0 heterocycles. The minimum atomic E-state index is -0.485. The minimum Gasteiger partial charge on any atom is -0.435 e. The summed E-state index contributed by atoms with van der Waals surface area (Å²) in [7, 11) is 1.61. The standard InChI is InChI=1S/C17H17Cl2NO3.C10H18N2O4/c1-3-22-10-23-17(21)12-6-4-5-7-14(12)20-16-13(18)9-8-11(2)15(16)19;1-14-6-7-16-9-8-15-5-4-12-10(13)2-3-11/h4-9,20H,3,10H2,1-2H3;2,4-9H2,1H3,(H,12,13). The molecule has 12 heteroatoms. The highest BCUT2D eigenvalue weighted by atomic mass is 35.5. The van der Waals surface area contributed by atoms with E-state index in [9.17, 15) is 9.59 Å². The van der Waals surface area contributed by atoms with E-state index in [-0.39, 0.29) is 19.1 Å². The predicted octanol–water partition coefficient (Wildman–Crippen LogP) is 4.89. The number of amides is 1.